The molecular formula is C15H22F2N2O. The SMILES string of the molecule is NC[C@@H]1CN(CCOCC(F)F)C[C@H]1c1ccccc1. The number of likely N-dealkylation sites (tertiary alicyclic amines) is 1. The topological polar surface area (TPSA) is 38.5 Å². The number of benzene rings is 1. The molecule has 2 atom stereocenters. The maximum atomic E-state index is 12.0. The molecule has 1 heterocycles. The van der Waals surface area contributed by atoms with E-state index in [1.165, 1.54) is 5.56 Å². The number of halogens is 2. The summed E-state index contributed by atoms with van der Waals surface area (Å²) in [5.74, 6) is 0.851. The molecule has 1 fully saturated rings. The summed E-state index contributed by atoms with van der Waals surface area (Å²) in [5.41, 5.74) is 7.17. The highest BCUT2D eigenvalue weighted by atomic mass is 19.3. The van der Waals surface area contributed by atoms with Crippen LogP contribution in [-0.4, -0.2) is 50.7 Å². The van der Waals surface area contributed by atoms with Gasteiger partial charge in [-0.1, -0.05) is 30.3 Å². The number of ether oxygens (including phenoxy) is 1. The maximum Gasteiger partial charge on any atom is 0.261 e. The molecule has 2 N–H and O–H groups in total. The number of rotatable bonds is 7. The highest BCUT2D eigenvalue weighted by Crippen LogP contribution is 2.31. The van der Waals surface area contributed by atoms with Gasteiger partial charge in [-0.25, -0.2) is 8.78 Å². The summed E-state index contributed by atoms with van der Waals surface area (Å²) in [4.78, 5) is 2.25. The minimum atomic E-state index is -2.39. The van der Waals surface area contributed by atoms with Crippen molar-refractivity contribution in [1.82, 2.24) is 4.90 Å². The second-order valence-corrected chi connectivity index (χ2v) is 5.24. The van der Waals surface area contributed by atoms with Crippen LogP contribution in [0.25, 0.3) is 0 Å². The second-order valence-electron chi connectivity index (χ2n) is 5.24. The van der Waals surface area contributed by atoms with Crippen LogP contribution < -0.4 is 5.73 Å². The van der Waals surface area contributed by atoms with E-state index in [-0.39, 0.29) is 0 Å². The van der Waals surface area contributed by atoms with Crippen LogP contribution in [0.15, 0.2) is 30.3 Å². The van der Waals surface area contributed by atoms with Gasteiger partial charge in [0.1, 0.15) is 6.61 Å². The molecule has 3 nitrogen and oxygen atoms in total. The first-order valence-electron chi connectivity index (χ1n) is 7.04. The van der Waals surface area contributed by atoms with Crippen LogP contribution in [0.1, 0.15) is 11.5 Å². The fourth-order valence-electron chi connectivity index (χ4n) is 2.83. The lowest BCUT2D eigenvalue weighted by molar-refractivity contribution is 0.0112. The van der Waals surface area contributed by atoms with E-state index in [9.17, 15) is 8.78 Å². The molecule has 5 heteroatoms. The van der Waals surface area contributed by atoms with Gasteiger partial charge < -0.3 is 15.4 Å². The molecule has 0 saturated carbocycles. The highest BCUT2D eigenvalue weighted by molar-refractivity contribution is 5.22. The van der Waals surface area contributed by atoms with Crippen molar-refractivity contribution < 1.29 is 13.5 Å². The van der Waals surface area contributed by atoms with E-state index in [1.54, 1.807) is 0 Å². The van der Waals surface area contributed by atoms with Gasteiger partial charge in [-0.15, -0.1) is 0 Å². The van der Waals surface area contributed by atoms with Crippen molar-refractivity contribution in [1.29, 1.82) is 0 Å². The van der Waals surface area contributed by atoms with Gasteiger partial charge in [-0.3, -0.25) is 0 Å². The lowest BCUT2D eigenvalue weighted by Gasteiger charge is -2.16. The Morgan fingerprint density at radius 2 is 2.00 bits per heavy atom. The van der Waals surface area contributed by atoms with E-state index >= 15 is 0 Å². The Bertz CT molecular complexity index is 389. The average molecular weight is 284 g/mol. The molecule has 0 bridgehead atoms. The van der Waals surface area contributed by atoms with Crippen LogP contribution in [0.4, 0.5) is 8.78 Å². The lowest BCUT2D eigenvalue weighted by Crippen LogP contribution is -2.27. The Kier molecular flexibility index (Phi) is 5.88. The van der Waals surface area contributed by atoms with E-state index in [2.05, 4.69) is 17.0 Å². The monoisotopic (exact) mass is 284 g/mol. The van der Waals surface area contributed by atoms with Crippen LogP contribution in [-0.2, 0) is 4.74 Å². The van der Waals surface area contributed by atoms with Crippen molar-refractivity contribution in [3.8, 4) is 0 Å². The third-order valence-corrected chi connectivity index (χ3v) is 3.84. The normalized spacial score (nSPS) is 23.6. The molecule has 1 aliphatic rings. The summed E-state index contributed by atoms with van der Waals surface area (Å²) in [6.45, 7) is 3.04. The number of hydrogen-bond donors (Lipinski definition) is 1. The smallest absolute Gasteiger partial charge is 0.261 e. The summed E-state index contributed by atoms with van der Waals surface area (Å²) < 4.78 is 28.9. The molecule has 0 aromatic heterocycles. The third kappa shape index (κ3) is 4.23. The lowest BCUT2D eigenvalue weighted by atomic mass is 9.89. The van der Waals surface area contributed by atoms with Crippen LogP contribution in [0.5, 0.6) is 0 Å². The van der Waals surface area contributed by atoms with Crippen molar-refractivity contribution in [3.05, 3.63) is 35.9 Å². The molecule has 2 rings (SSSR count). The summed E-state index contributed by atoms with van der Waals surface area (Å²) in [6.07, 6.45) is -2.39. The van der Waals surface area contributed by atoms with Gasteiger partial charge in [-0.2, -0.15) is 0 Å². The summed E-state index contributed by atoms with van der Waals surface area (Å²) >= 11 is 0. The Morgan fingerprint density at radius 3 is 2.65 bits per heavy atom. The molecule has 1 aromatic rings. The predicted molar refractivity (Wildman–Crippen MR) is 75.0 cm³/mol. The first-order valence-corrected chi connectivity index (χ1v) is 7.04. The van der Waals surface area contributed by atoms with Gasteiger partial charge in [0.25, 0.3) is 6.43 Å². The Labute approximate surface area is 118 Å². The summed E-state index contributed by atoms with van der Waals surface area (Å²) in [6, 6.07) is 10.3. The quantitative estimate of drug-likeness (QED) is 0.778. The molecule has 0 aliphatic carbocycles. The Hall–Kier alpha value is -1.04. The van der Waals surface area contributed by atoms with Crippen molar-refractivity contribution in [2.45, 2.75) is 12.3 Å². The predicted octanol–water partition coefficient (Wildman–Crippen LogP) is 1.94. The van der Waals surface area contributed by atoms with Gasteiger partial charge >= 0.3 is 0 Å². The Morgan fingerprint density at radius 1 is 1.25 bits per heavy atom. The molecule has 0 spiro atoms. The minimum absolute atomic E-state index is 0.350. The van der Waals surface area contributed by atoms with E-state index in [0.29, 0.717) is 31.5 Å². The van der Waals surface area contributed by atoms with Gasteiger partial charge in [0.05, 0.1) is 6.61 Å². The van der Waals surface area contributed by atoms with Gasteiger partial charge in [-0.05, 0) is 18.0 Å². The molecule has 1 saturated heterocycles. The molecular weight excluding hydrogens is 262 g/mol. The molecule has 0 radical (unpaired) electrons. The van der Waals surface area contributed by atoms with Crippen molar-refractivity contribution in [3.63, 3.8) is 0 Å². The molecule has 1 aromatic carbocycles. The fourth-order valence-corrected chi connectivity index (χ4v) is 2.83. The van der Waals surface area contributed by atoms with E-state index in [4.69, 9.17) is 10.5 Å². The second kappa shape index (κ2) is 7.67. The third-order valence-electron chi connectivity index (χ3n) is 3.84. The highest BCUT2D eigenvalue weighted by Gasteiger charge is 2.32. The zero-order chi connectivity index (χ0) is 14.4. The van der Waals surface area contributed by atoms with Crippen molar-refractivity contribution in [2.75, 3.05) is 39.4 Å². The zero-order valence-electron chi connectivity index (χ0n) is 11.6. The van der Waals surface area contributed by atoms with Crippen LogP contribution in [0, 0.1) is 5.92 Å². The van der Waals surface area contributed by atoms with E-state index in [1.807, 2.05) is 18.2 Å². The first-order chi connectivity index (χ1) is 9.70. The standard InChI is InChI=1S/C15H22F2N2O/c16-15(17)11-20-7-6-19-9-13(8-18)14(10-19)12-4-2-1-3-5-12/h1-5,13-15H,6-11,18H2/t13-,14+/m1/s1. The molecule has 20 heavy (non-hydrogen) atoms. The molecule has 0 amide bonds. The van der Waals surface area contributed by atoms with Crippen molar-refractivity contribution >= 4 is 0 Å². The van der Waals surface area contributed by atoms with Crippen LogP contribution >= 0.6 is 0 Å². The maximum absolute atomic E-state index is 12.0. The summed E-state index contributed by atoms with van der Waals surface area (Å²) in [5, 5.41) is 0. The van der Waals surface area contributed by atoms with Crippen molar-refractivity contribution in [2.24, 2.45) is 11.7 Å². The van der Waals surface area contributed by atoms with Gasteiger partial charge in [0, 0.05) is 25.6 Å². The molecule has 0 unspecified atom stereocenters. The van der Waals surface area contributed by atoms with E-state index in [0.717, 1.165) is 13.1 Å². The minimum Gasteiger partial charge on any atom is -0.374 e. The number of hydrogen-bond acceptors (Lipinski definition) is 3. The average Bonchev–Trinajstić information content (AvgIpc) is 2.87. The van der Waals surface area contributed by atoms with Crippen LogP contribution in [0.3, 0.4) is 0 Å². The molecule has 112 valence electrons. The van der Waals surface area contributed by atoms with E-state index < -0.39 is 13.0 Å². The number of nitrogens with zero attached hydrogens (tertiary/aromatic N) is 1. The first kappa shape index (κ1) is 15.4. The summed E-state index contributed by atoms with van der Waals surface area (Å²) in [7, 11) is 0. The molecule has 1 aliphatic heterocycles. The zero-order valence-corrected chi connectivity index (χ0v) is 11.6. The largest absolute Gasteiger partial charge is 0.374 e. The number of nitrogens with two attached hydrogens (primary N) is 1. The van der Waals surface area contributed by atoms with Gasteiger partial charge in [0.2, 0.25) is 0 Å². The fraction of sp³-hybridized carbons (Fsp3) is 0.600. The van der Waals surface area contributed by atoms with Crippen LogP contribution in [0.2, 0.25) is 0 Å². The Balaban J connectivity index is 1.83. The van der Waals surface area contributed by atoms with Gasteiger partial charge in [0.15, 0.2) is 0 Å². The number of alkyl halides is 2.